The lowest BCUT2D eigenvalue weighted by molar-refractivity contribution is 0.102. The van der Waals surface area contributed by atoms with E-state index in [0.717, 1.165) is 54.0 Å². The molecule has 1 aromatic heterocycles. The maximum Gasteiger partial charge on any atom is 0.256 e. The molecule has 0 fully saturated rings. The summed E-state index contributed by atoms with van der Waals surface area (Å²) in [5, 5.41) is 6.43. The molecule has 0 unspecified atom stereocenters. The topological polar surface area (TPSA) is 54.0 Å². The molecule has 2 N–H and O–H groups in total. The molecule has 0 saturated heterocycles. The molecule has 4 heteroatoms. The molecule has 0 aliphatic heterocycles. The zero-order valence-corrected chi connectivity index (χ0v) is 18.9. The standard InChI is InChI=1S/C29H29N3O/c1-2-7-22-11-13-23(14-12-22)27-9-3-4-10-28(27)29(33)32-26-17-15-25(16-18-26)31-21-19-24-8-5-6-20-30-24/h3-6,8-18,20,31H,2,7,19,21H2,1H3,(H,32,33). The molecule has 0 aliphatic rings. The van der Waals surface area contributed by atoms with E-state index >= 15 is 0 Å². The Morgan fingerprint density at radius 2 is 1.52 bits per heavy atom. The molecule has 166 valence electrons. The van der Waals surface area contributed by atoms with Gasteiger partial charge in [-0.2, -0.15) is 0 Å². The van der Waals surface area contributed by atoms with E-state index in [1.54, 1.807) is 0 Å². The lowest BCUT2D eigenvalue weighted by Crippen LogP contribution is -2.13. The Balaban J connectivity index is 1.39. The number of nitrogens with one attached hydrogen (secondary N) is 2. The molecular formula is C29H29N3O. The Kier molecular flexibility index (Phi) is 7.49. The molecule has 0 atom stereocenters. The average Bonchev–Trinajstić information content (AvgIpc) is 2.86. The monoisotopic (exact) mass is 435 g/mol. The van der Waals surface area contributed by atoms with Crippen molar-refractivity contribution in [1.82, 2.24) is 4.98 Å². The van der Waals surface area contributed by atoms with Crippen molar-refractivity contribution in [2.75, 3.05) is 17.2 Å². The summed E-state index contributed by atoms with van der Waals surface area (Å²) < 4.78 is 0. The number of aromatic nitrogens is 1. The molecule has 0 radical (unpaired) electrons. The predicted octanol–water partition coefficient (Wildman–Crippen LogP) is 6.61. The highest BCUT2D eigenvalue weighted by Gasteiger charge is 2.13. The van der Waals surface area contributed by atoms with Crippen LogP contribution in [-0.2, 0) is 12.8 Å². The van der Waals surface area contributed by atoms with Crippen molar-refractivity contribution in [3.8, 4) is 11.1 Å². The van der Waals surface area contributed by atoms with Gasteiger partial charge >= 0.3 is 0 Å². The molecule has 0 spiro atoms. The maximum atomic E-state index is 13.1. The lowest BCUT2D eigenvalue weighted by atomic mass is 9.97. The second-order valence-electron chi connectivity index (χ2n) is 8.02. The number of benzene rings is 3. The van der Waals surface area contributed by atoms with Gasteiger partial charge in [0.25, 0.3) is 5.91 Å². The minimum absolute atomic E-state index is 0.112. The molecule has 4 aromatic rings. The molecule has 1 heterocycles. The maximum absolute atomic E-state index is 13.1. The number of amides is 1. The highest BCUT2D eigenvalue weighted by Crippen LogP contribution is 2.25. The minimum atomic E-state index is -0.112. The third kappa shape index (κ3) is 6.07. The summed E-state index contributed by atoms with van der Waals surface area (Å²) in [7, 11) is 0. The van der Waals surface area contributed by atoms with Crippen LogP contribution >= 0.6 is 0 Å². The predicted molar refractivity (Wildman–Crippen MR) is 137 cm³/mol. The Bertz CT molecular complexity index is 1170. The number of hydrogen-bond acceptors (Lipinski definition) is 3. The normalized spacial score (nSPS) is 10.6. The van der Waals surface area contributed by atoms with Crippen LogP contribution in [0.2, 0.25) is 0 Å². The van der Waals surface area contributed by atoms with Crippen LogP contribution in [-0.4, -0.2) is 17.4 Å². The van der Waals surface area contributed by atoms with Crippen LogP contribution in [0.5, 0.6) is 0 Å². The van der Waals surface area contributed by atoms with E-state index in [9.17, 15) is 4.79 Å². The number of carbonyl (C=O) groups is 1. The van der Waals surface area contributed by atoms with Crippen LogP contribution in [0.3, 0.4) is 0 Å². The van der Waals surface area contributed by atoms with Crippen LogP contribution in [0.15, 0.2) is 97.2 Å². The van der Waals surface area contributed by atoms with E-state index in [0.29, 0.717) is 5.56 Å². The first kappa shape index (κ1) is 22.3. The Morgan fingerprint density at radius 3 is 2.24 bits per heavy atom. The smallest absolute Gasteiger partial charge is 0.256 e. The van der Waals surface area contributed by atoms with Gasteiger partial charge in [0.2, 0.25) is 0 Å². The molecule has 1 amide bonds. The van der Waals surface area contributed by atoms with Crippen molar-refractivity contribution >= 4 is 17.3 Å². The van der Waals surface area contributed by atoms with Crippen LogP contribution in [0.1, 0.15) is 35.0 Å². The fourth-order valence-corrected chi connectivity index (χ4v) is 3.82. The van der Waals surface area contributed by atoms with Gasteiger partial charge in [0.05, 0.1) is 0 Å². The summed E-state index contributed by atoms with van der Waals surface area (Å²) in [6.45, 7) is 2.98. The van der Waals surface area contributed by atoms with Gasteiger partial charge in [-0.1, -0.05) is 61.9 Å². The highest BCUT2D eigenvalue weighted by molar-refractivity contribution is 6.08. The quantitative estimate of drug-likeness (QED) is 0.311. The van der Waals surface area contributed by atoms with Crippen molar-refractivity contribution in [3.63, 3.8) is 0 Å². The van der Waals surface area contributed by atoms with Crippen LogP contribution < -0.4 is 10.6 Å². The minimum Gasteiger partial charge on any atom is -0.385 e. The number of pyridine rings is 1. The summed E-state index contributed by atoms with van der Waals surface area (Å²) in [4.78, 5) is 17.4. The largest absolute Gasteiger partial charge is 0.385 e. The third-order valence-corrected chi connectivity index (χ3v) is 5.55. The molecule has 0 aliphatic carbocycles. The van der Waals surface area contributed by atoms with Crippen LogP contribution in [0.4, 0.5) is 11.4 Å². The molecule has 33 heavy (non-hydrogen) atoms. The molecule has 3 aromatic carbocycles. The van der Waals surface area contributed by atoms with Gasteiger partial charge in [-0.15, -0.1) is 0 Å². The third-order valence-electron chi connectivity index (χ3n) is 5.55. The fourth-order valence-electron chi connectivity index (χ4n) is 3.82. The molecular weight excluding hydrogens is 406 g/mol. The summed E-state index contributed by atoms with van der Waals surface area (Å²) >= 11 is 0. The molecule has 4 rings (SSSR count). The highest BCUT2D eigenvalue weighted by atomic mass is 16.1. The Morgan fingerprint density at radius 1 is 0.788 bits per heavy atom. The first-order chi connectivity index (χ1) is 16.2. The Hall–Kier alpha value is -3.92. The zero-order valence-electron chi connectivity index (χ0n) is 18.9. The van der Waals surface area contributed by atoms with Gasteiger partial charge in [0.15, 0.2) is 0 Å². The summed E-state index contributed by atoms with van der Waals surface area (Å²) in [6.07, 6.45) is 4.86. The molecule has 4 nitrogen and oxygen atoms in total. The van der Waals surface area contributed by atoms with Crippen molar-refractivity contribution in [2.24, 2.45) is 0 Å². The fraction of sp³-hybridized carbons (Fsp3) is 0.172. The van der Waals surface area contributed by atoms with E-state index in [2.05, 4.69) is 46.8 Å². The number of anilines is 2. The van der Waals surface area contributed by atoms with Crippen molar-refractivity contribution < 1.29 is 4.79 Å². The second-order valence-corrected chi connectivity index (χ2v) is 8.02. The van der Waals surface area contributed by atoms with E-state index < -0.39 is 0 Å². The lowest BCUT2D eigenvalue weighted by Gasteiger charge is -2.12. The number of carbonyl (C=O) groups excluding carboxylic acids is 1. The van der Waals surface area contributed by atoms with Gasteiger partial charge in [-0.05, 0) is 65.6 Å². The number of aryl methyl sites for hydroxylation is 1. The van der Waals surface area contributed by atoms with Crippen molar-refractivity contribution in [3.05, 3.63) is 114 Å². The first-order valence-corrected chi connectivity index (χ1v) is 11.5. The summed E-state index contributed by atoms with van der Waals surface area (Å²) in [6, 6.07) is 30.0. The van der Waals surface area contributed by atoms with Gasteiger partial charge in [0, 0.05) is 41.8 Å². The Labute approximate surface area is 195 Å². The molecule has 0 bridgehead atoms. The van der Waals surface area contributed by atoms with Crippen molar-refractivity contribution in [1.29, 1.82) is 0 Å². The number of nitrogens with zero attached hydrogens (tertiary/aromatic N) is 1. The SMILES string of the molecule is CCCc1ccc(-c2ccccc2C(=O)Nc2ccc(NCCc3ccccn3)cc2)cc1. The van der Waals surface area contributed by atoms with E-state index in [1.165, 1.54) is 5.56 Å². The molecule has 0 saturated carbocycles. The summed E-state index contributed by atoms with van der Waals surface area (Å²) in [5.41, 5.74) is 6.81. The number of rotatable bonds is 9. The van der Waals surface area contributed by atoms with Gasteiger partial charge < -0.3 is 10.6 Å². The van der Waals surface area contributed by atoms with E-state index in [4.69, 9.17) is 0 Å². The first-order valence-electron chi connectivity index (χ1n) is 11.5. The average molecular weight is 436 g/mol. The van der Waals surface area contributed by atoms with Crippen LogP contribution in [0, 0.1) is 0 Å². The summed E-state index contributed by atoms with van der Waals surface area (Å²) in [5.74, 6) is -0.112. The van der Waals surface area contributed by atoms with Gasteiger partial charge in [-0.25, -0.2) is 0 Å². The van der Waals surface area contributed by atoms with Crippen LogP contribution in [0.25, 0.3) is 11.1 Å². The van der Waals surface area contributed by atoms with E-state index in [1.807, 2.05) is 72.9 Å². The number of hydrogen-bond donors (Lipinski definition) is 2. The van der Waals surface area contributed by atoms with E-state index in [-0.39, 0.29) is 5.91 Å². The van der Waals surface area contributed by atoms with Crippen molar-refractivity contribution in [2.45, 2.75) is 26.2 Å². The van der Waals surface area contributed by atoms with Gasteiger partial charge in [0.1, 0.15) is 0 Å². The van der Waals surface area contributed by atoms with Gasteiger partial charge in [-0.3, -0.25) is 9.78 Å². The zero-order chi connectivity index (χ0) is 22.9. The second kappa shape index (κ2) is 11.1.